The summed E-state index contributed by atoms with van der Waals surface area (Å²) < 4.78 is 55.5. The Bertz CT molecular complexity index is 1390. The van der Waals surface area contributed by atoms with E-state index in [1.54, 1.807) is 36.4 Å². The molecule has 1 atom stereocenters. The van der Waals surface area contributed by atoms with E-state index < -0.39 is 29.1 Å². The van der Waals surface area contributed by atoms with Crippen LogP contribution >= 0.6 is 11.6 Å². The Morgan fingerprint density at radius 3 is 2.35 bits per heavy atom. The number of alkyl halides is 3. The van der Waals surface area contributed by atoms with Gasteiger partial charge in [-0.15, -0.1) is 0 Å². The van der Waals surface area contributed by atoms with Crippen molar-refractivity contribution in [2.24, 2.45) is 0 Å². The first-order valence-electron chi connectivity index (χ1n) is 11.3. The Labute approximate surface area is 216 Å². The van der Waals surface area contributed by atoms with E-state index >= 15 is 0 Å². The molecule has 1 aromatic heterocycles. The molecule has 2 N–H and O–H groups in total. The van der Waals surface area contributed by atoms with Gasteiger partial charge >= 0.3 is 12.2 Å². The van der Waals surface area contributed by atoms with Gasteiger partial charge in [0.1, 0.15) is 11.4 Å². The number of hydrogen-bond donors (Lipinski definition) is 2. The minimum Gasteiger partial charge on any atom is -0.322 e. The molecule has 1 heterocycles. The van der Waals surface area contributed by atoms with Gasteiger partial charge in [-0.3, -0.25) is 4.98 Å². The average Bonchev–Trinajstić information content (AvgIpc) is 2.84. The van der Waals surface area contributed by atoms with Crippen LogP contribution in [0.4, 0.5) is 28.0 Å². The zero-order chi connectivity index (χ0) is 26.6. The number of pyridine rings is 1. The van der Waals surface area contributed by atoms with E-state index in [1.807, 2.05) is 6.07 Å². The fraction of sp³-hybridized carbons (Fsp3) is 0.143. The number of carbonyl (C=O) groups is 1. The summed E-state index contributed by atoms with van der Waals surface area (Å²) in [6.07, 6.45) is -3.18. The molecule has 4 rings (SSSR count). The van der Waals surface area contributed by atoms with Gasteiger partial charge in [0.15, 0.2) is 0 Å². The summed E-state index contributed by atoms with van der Waals surface area (Å²) in [7, 11) is 0. The Morgan fingerprint density at radius 1 is 0.946 bits per heavy atom. The van der Waals surface area contributed by atoms with E-state index in [2.05, 4.69) is 15.6 Å². The number of urea groups is 1. The van der Waals surface area contributed by atoms with E-state index in [0.717, 1.165) is 17.7 Å². The van der Waals surface area contributed by atoms with Gasteiger partial charge in [0.05, 0.1) is 16.3 Å². The minimum atomic E-state index is -4.62. The standard InChI is InChI=1S/C28H22ClF4N3O/c1-18-10-11-20(14-24(18)28(31,32)33)27(16-19-6-3-2-4-7-19,25-13-12-21(29)17-34-25)36-26(37)35-23-9-5-8-22(30)15-23/h2-15,17H,16H2,1H3,(H2,35,36,37)/t27-/m0/s1. The van der Waals surface area contributed by atoms with Crippen LogP contribution < -0.4 is 10.6 Å². The summed E-state index contributed by atoms with van der Waals surface area (Å²) in [6, 6.07) is 20.5. The Hall–Kier alpha value is -3.91. The third kappa shape index (κ3) is 6.09. The second kappa shape index (κ2) is 10.6. The summed E-state index contributed by atoms with van der Waals surface area (Å²) in [5, 5.41) is 5.74. The Morgan fingerprint density at radius 2 is 1.70 bits per heavy atom. The molecule has 0 aliphatic rings. The molecule has 0 aliphatic heterocycles. The largest absolute Gasteiger partial charge is 0.416 e. The second-order valence-corrected chi connectivity index (χ2v) is 8.98. The van der Waals surface area contributed by atoms with Crippen LogP contribution in [-0.2, 0) is 18.1 Å². The highest BCUT2D eigenvalue weighted by molar-refractivity contribution is 6.30. The molecular formula is C28H22ClF4N3O. The SMILES string of the molecule is Cc1ccc([C@](Cc2ccccc2)(NC(=O)Nc2cccc(F)c2)c2ccc(Cl)cn2)cc1C(F)(F)F. The van der Waals surface area contributed by atoms with Crippen molar-refractivity contribution in [1.29, 1.82) is 0 Å². The highest BCUT2D eigenvalue weighted by Gasteiger charge is 2.41. The first kappa shape index (κ1) is 26.2. The summed E-state index contributed by atoms with van der Waals surface area (Å²) in [4.78, 5) is 17.7. The summed E-state index contributed by atoms with van der Waals surface area (Å²) in [5.41, 5.74) is -0.987. The van der Waals surface area contributed by atoms with Crippen LogP contribution in [0, 0.1) is 12.7 Å². The quantitative estimate of drug-likeness (QED) is 0.255. The summed E-state index contributed by atoms with van der Waals surface area (Å²) >= 11 is 6.06. The van der Waals surface area contributed by atoms with Gasteiger partial charge in [-0.2, -0.15) is 13.2 Å². The van der Waals surface area contributed by atoms with Crippen molar-refractivity contribution in [1.82, 2.24) is 10.3 Å². The first-order valence-corrected chi connectivity index (χ1v) is 11.6. The zero-order valence-corrected chi connectivity index (χ0v) is 20.4. The molecule has 0 fully saturated rings. The van der Waals surface area contributed by atoms with Gasteiger partial charge in [-0.1, -0.05) is 60.1 Å². The molecule has 0 saturated carbocycles. The number of aryl methyl sites for hydroxylation is 1. The normalized spacial score (nSPS) is 13.0. The van der Waals surface area contributed by atoms with Crippen molar-refractivity contribution < 1.29 is 22.4 Å². The fourth-order valence-electron chi connectivity index (χ4n) is 4.17. The molecule has 0 spiro atoms. The molecular weight excluding hydrogens is 506 g/mol. The van der Waals surface area contributed by atoms with Crippen LogP contribution in [0.15, 0.2) is 91.1 Å². The number of halogens is 5. The second-order valence-electron chi connectivity index (χ2n) is 8.55. The van der Waals surface area contributed by atoms with Gasteiger partial charge in [0, 0.05) is 18.3 Å². The smallest absolute Gasteiger partial charge is 0.322 e. The topological polar surface area (TPSA) is 54.0 Å². The monoisotopic (exact) mass is 527 g/mol. The number of amides is 2. The molecule has 0 unspecified atom stereocenters. The molecule has 2 amide bonds. The molecule has 0 saturated heterocycles. The van der Waals surface area contributed by atoms with Crippen molar-refractivity contribution in [3.63, 3.8) is 0 Å². The van der Waals surface area contributed by atoms with E-state index in [1.165, 1.54) is 43.5 Å². The number of aromatic nitrogens is 1. The van der Waals surface area contributed by atoms with Crippen LogP contribution in [0.25, 0.3) is 0 Å². The van der Waals surface area contributed by atoms with Gasteiger partial charge in [-0.25, -0.2) is 9.18 Å². The van der Waals surface area contributed by atoms with Crippen molar-refractivity contribution in [3.05, 3.63) is 130 Å². The molecule has 4 nitrogen and oxygen atoms in total. The molecule has 0 bridgehead atoms. The molecule has 0 radical (unpaired) electrons. The highest BCUT2D eigenvalue weighted by atomic mass is 35.5. The van der Waals surface area contributed by atoms with Gasteiger partial charge in [-0.05, 0) is 60.0 Å². The van der Waals surface area contributed by atoms with E-state index in [0.29, 0.717) is 5.02 Å². The lowest BCUT2D eigenvalue weighted by Gasteiger charge is -2.36. The lowest BCUT2D eigenvalue weighted by atomic mass is 9.79. The number of carbonyl (C=O) groups excluding carboxylic acids is 1. The van der Waals surface area contributed by atoms with Crippen LogP contribution in [0.2, 0.25) is 5.02 Å². The van der Waals surface area contributed by atoms with Crippen molar-refractivity contribution in [2.45, 2.75) is 25.1 Å². The highest BCUT2D eigenvalue weighted by Crippen LogP contribution is 2.38. The van der Waals surface area contributed by atoms with Crippen molar-refractivity contribution in [2.75, 3.05) is 5.32 Å². The number of anilines is 1. The van der Waals surface area contributed by atoms with Crippen LogP contribution in [0.1, 0.15) is 27.9 Å². The average molecular weight is 528 g/mol. The lowest BCUT2D eigenvalue weighted by Crippen LogP contribution is -2.50. The molecule has 0 aliphatic carbocycles. The van der Waals surface area contributed by atoms with E-state index in [-0.39, 0.29) is 28.9 Å². The fourth-order valence-corrected chi connectivity index (χ4v) is 4.28. The van der Waals surface area contributed by atoms with Crippen molar-refractivity contribution in [3.8, 4) is 0 Å². The minimum absolute atomic E-state index is 0.0399. The van der Waals surface area contributed by atoms with Crippen LogP contribution in [0.5, 0.6) is 0 Å². The van der Waals surface area contributed by atoms with Gasteiger partial charge in [0.2, 0.25) is 0 Å². The maximum absolute atomic E-state index is 13.9. The van der Waals surface area contributed by atoms with E-state index in [4.69, 9.17) is 11.6 Å². The van der Waals surface area contributed by atoms with Crippen LogP contribution in [-0.4, -0.2) is 11.0 Å². The zero-order valence-electron chi connectivity index (χ0n) is 19.6. The summed E-state index contributed by atoms with van der Waals surface area (Å²) in [6.45, 7) is 1.37. The molecule has 4 aromatic rings. The van der Waals surface area contributed by atoms with Gasteiger partial charge < -0.3 is 10.6 Å². The van der Waals surface area contributed by atoms with Crippen molar-refractivity contribution >= 4 is 23.3 Å². The first-order chi connectivity index (χ1) is 17.6. The predicted molar refractivity (Wildman–Crippen MR) is 135 cm³/mol. The Kier molecular flexibility index (Phi) is 7.50. The van der Waals surface area contributed by atoms with Gasteiger partial charge in [0.25, 0.3) is 0 Å². The number of hydrogen-bond acceptors (Lipinski definition) is 2. The Balaban J connectivity index is 1.90. The predicted octanol–water partition coefficient (Wildman–Crippen LogP) is 7.51. The number of rotatable bonds is 6. The lowest BCUT2D eigenvalue weighted by molar-refractivity contribution is -0.138. The van der Waals surface area contributed by atoms with E-state index in [9.17, 15) is 22.4 Å². The van der Waals surface area contributed by atoms with Crippen LogP contribution in [0.3, 0.4) is 0 Å². The maximum atomic E-state index is 13.9. The third-order valence-corrected chi connectivity index (χ3v) is 6.15. The number of benzene rings is 3. The third-order valence-electron chi connectivity index (χ3n) is 5.92. The molecule has 3 aromatic carbocycles. The molecule has 190 valence electrons. The maximum Gasteiger partial charge on any atom is 0.416 e. The molecule has 9 heteroatoms. The number of nitrogens with zero attached hydrogens (tertiary/aromatic N) is 1. The summed E-state index contributed by atoms with van der Waals surface area (Å²) in [5.74, 6) is -0.555. The number of nitrogens with one attached hydrogen (secondary N) is 2. The molecule has 37 heavy (non-hydrogen) atoms.